The summed E-state index contributed by atoms with van der Waals surface area (Å²) in [5.41, 5.74) is 8.33. The molecule has 1 amide bonds. The summed E-state index contributed by atoms with van der Waals surface area (Å²) in [7, 11) is 0. The van der Waals surface area contributed by atoms with E-state index in [0.29, 0.717) is 5.56 Å². The van der Waals surface area contributed by atoms with Crippen molar-refractivity contribution in [1.29, 1.82) is 0 Å². The first-order valence-electron chi connectivity index (χ1n) is 9.80. The molecule has 0 unspecified atom stereocenters. The molecule has 1 aromatic heterocycles. The number of carbonyl (C=O) groups is 1. The summed E-state index contributed by atoms with van der Waals surface area (Å²) in [6, 6.07) is 17.8. The van der Waals surface area contributed by atoms with Gasteiger partial charge in [0, 0.05) is 11.3 Å². The van der Waals surface area contributed by atoms with E-state index in [0.717, 1.165) is 40.0 Å². The Morgan fingerprint density at radius 1 is 0.862 bits per heavy atom. The fourth-order valence-electron chi connectivity index (χ4n) is 3.26. The average molecular weight is 384 g/mol. The van der Waals surface area contributed by atoms with Crippen LogP contribution in [0.4, 0.5) is 5.69 Å². The third-order valence-electron chi connectivity index (χ3n) is 5.32. The summed E-state index contributed by atoms with van der Waals surface area (Å²) in [6.45, 7) is 8.14. The predicted molar refractivity (Wildman–Crippen MR) is 117 cm³/mol. The molecular weight excluding hydrogens is 360 g/mol. The molecule has 1 N–H and O–H groups in total. The highest BCUT2D eigenvalue weighted by molar-refractivity contribution is 6.05. The Balaban J connectivity index is 1.64. The molecule has 4 rings (SSSR count). The molecule has 0 spiro atoms. The van der Waals surface area contributed by atoms with Crippen LogP contribution in [0.15, 0.2) is 54.6 Å². The first-order chi connectivity index (χ1) is 13.9. The van der Waals surface area contributed by atoms with Gasteiger partial charge in [-0.15, -0.1) is 10.2 Å². The Hall–Kier alpha value is -3.47. The van der Waals surface area contributed by atoms with Gasteiger partial charge in [-0.3, -0.25) is 4.79 Å². The van der Waals surface area contributed by atoms with Crippen molar-refractivity contribution in [3.8, 4) is 5.69 Å². The van der Waals surface area contributed by atoms with Gasteiger partial charge in [-0.2, -0.15) is 4.80 Å². The maximum absolute atomic E-state index is 12.7. The van der Waals surface area contributed by atoms with E-state index in [1.807, 2.05) is 63.2 Å². The number of aromatic nitrogens is 3. The molecule has 0 bridgehead atoms. The number of hydrogen-bond acceptors (Lipinski definition) is 3. The Morgan fingerprint density at radius 3 is 2.21 bits per heavy atom. The van der Waals surface area contributed by atoms with Crippen LogP contribution in [0.1, 0.15) is 39.5 Å². The SMILES string of the molecule is CCc1ccc(-n2nc3cc(C)c(NC(=O)c4ccc(C)c(C)c4)cc3n2)cc1. The molecule has 146 valence electrons. The summed E-state index contributed by atoms with van der Waals surface area (Å²) in [5.74, 6) is -0.127. The lowest BCUT2D eigenvalue weighted by Gasteiger charge is -2.09. The minimum Gasteiger partial charge on any atom is -0.322 e. The van der Waals surface area contributed by atoms with Crippen LogP contribution >= 0.6 is 0 Å². The first-order valence-corrected chi connectivity index (χ1v) is 9.80. The van der Waals surface area contributed by atoms with Crippen LogP contribution in [0.5, 0.6) is 0 Å². The summed E-state index contributed by atoms with van der Waals surface area (Å²) in [4.78, 5) is 14.3. The highest BCUT2D eigenvalue weighted by atomic mass is 16.1. The van der Waals surface area contributed by atoms with Gasteiger partial charge < -0.3 is 5.32 Å². The zero-order valence-electron chi connectivity index (χ0n) is 17.2. The van der Waals surface area contributed by atoms with Crippen molar-refractivity contribution in [2.75, 3.05) is 5.32 Å². The molecule has 3 aromatic carbocycles. The molecule has 0 atom stereocenters. The second kappa shape index (κ2) is 7.51. The minimum absolute atomic E-state index is 0.127. The van der Waals surface area contributed by atoms with Crippen LogP contribution in [0.3, 0.4) is 0 Å². The van der Waals surface area contributed by atoms with Gasteiger partial charge in [-0.05, 0) is 85.8 Å². The smallest absolute Gasteiger partial charge is 0.255 e. The predicted octanol–water partition coefficient (Wildman–Crippen LogP) is 5.16. The highest BCUT2D eigenvalue weighted by Crippen LogP contribution is 2.23. The monoisotopic (exact) mass is 384 g/mol. The van der Waals surface area contributed by atoms with Gasteiger partial charge in [0.05, 0.1) is 5.69 Å². The number of amides is 1. The molecule has 0 saturated heterocycles. The van der Waals surface area contributed by atoms with Gasteiger partial charge >= 0.3 is 0 Å². The van der Waals surface area contributed by atoms with Crippen LogP contribution in [0.2, 0.25) is 0 Å². The van der Waals surface area contributed by atoms with Crippen molar-refractivity contribution in [2.24, 2.45) is 0 Å². The van der Waals surface area contributed by atoms with Gasteiger partial charge in [0.1, 0.15) is 11.0 Å². The van der Waals surface area contributed by atoms with Crippen molar-refractivity contribution < 1.29 is 4.79 Å². The molecule has 5 nitrogen and oxygen atoms in total. The third kappa shape index (κ3) is 3.76. The summed E-state index contributed by atoms with van der Waals surface area (Å²) in [6.07, 6.45) is 0.998. The van der Waals surface area contributed by atoms with Crippen molar-refractivity contribution in [3.05, 3.63) is 82.4 Å². The van der Waals surface area contributed by atoms with Crippen molar-refractivity contribution >= 4 is 22.6 Å². The van der Waals surface area contributed by atoms with E-state index in [4.69, 9.17) is 0 Å². The number of nitrogens with zero attached hydrogens (tertiary/aromatic N) is 3. The quantitative estimate of drug-likeness (QED) is 0.529. The second-order valence-electron chi connectivity index (χ2n) is 7.42. The summed E-state index contributed by atoms with van der Waals surface area (Å²) < 4.78 is 0. The van der Waals surface area contributed by atoms with Crippen molar-refractivity contribution in [1.82, 2.24) is 15.0 Å². The fraction of sp³-hybridized carbons (Fsp3) is 0.208. The van der Waals surface area contributed by atoms with Crippen molar-refractivity contribution in [3.63, 3.8) is 0 Å². The van der Waals surface area contributed by atoms with Crippen LogP contribution in [-0.2, 0) is 6.42 Å². The zero-order chi connectivity index (χ0) is 20.5. The van der Waals surface area contributed by atoms with E-state index >= 15 is 0 Å². The molecule has 0 aliphatic rings. The summed E-state index contributed by atoms with van der Waals surface area (Å²) in [5, 5.41) is 12.2. The van der Waals surface area contributed by atoms with E-state index in [1.165, 1.54) is 11.1 Å². The van der Waals surface area contributed by atoms with Gasteiger partial charge in [0.25, 0.3) is 5.91 Å². The Kier molecular flexibility index (Phi) is 4.89. The molecule has 4 aromatic rings. The van der Waals surface area contributed by atoms with E-state index in [2.05, 4.69) is 34.6 Å². The van der Waals surface area contributed by atoms with Gasteiger partial charge in [0.15, 0.2) is 0 Å². The third-order valence-corrected chi connectivity index (χ3v) is 5.32. The molecular formula is C24H24N4O. The number of nitrogens with one attached hydrogen (secondary N) is 1. The molecule has 0 saturated carbocycles. The largest absolute Gasteiger partial charge is 0.322 e. The molecule has 29 heavy (non-hydrogen) atoms. The van der Waals surface area contributed by atoms with Crippen LogP contribution < -0.4 is 5.32 Å². The number of anilines is 1. The topological polar surface area (TPSA) is 59.8 Å². The number of carbonyl (C=O) groups excluding carboxylic acids is 1. The van der Waals surface area contributed by atoms with Gasteiger partial charge in [-0.1, -0.05) is 25.1 Å². The normalized spacial score (nSPS) is 11.0. The van der Waals surface area contributed by atoms with E-state index in [-0.39, 0.29) is 5.91 Å². The highest BCUT2D eigenvalue weighted by Gasteiger charge is 2.12. The van der Waals surface area contributed by atoms with Crippen LogP contribution in [0.25, 0.3) is 16.7 Å². The van der Waals surface area contributed by atoms with Gasteiger partial charge in [0.2, 0.25) is 0 Å². The number of rotatable bonds is 4. The molecule has 0 aliphatic carbocycles. The maximum atomic E-state index is 12.7. The zero-order valence-corrected chi connectivity index (χ0v) is 17.2. The van der Waals surface area contributed by atoms with Gasteiger partial charge in [-0.25, -0.2) is 0 Å². The second-order valence-corrected chi connectivity index (χ2v) is 7.42. The number of hydrogen-bond donors (Lipinski definition) is 1. The number of benzene rings is 3. The molecule has 0 aliphatic heterocycles. The fourth-order valence-corrected chi connectivity index (χ4v) is 3.26. The van der Waals surface area contributed by atoms with Crippen molar-refractivity contribution in [2.45, 2.75) is 34.1 Å². The van der Waals surface area contributed by atoms with Crippen LogP contribution in [0, 0.1) is 20.8 Å². The Labute approximate surface area is 170 Å². The lowest BCUT2D eigenvalue weighted by Crippen LogP contribution is -2.13. The minimum atomic E-state index is -0.127. The standard InChI is InChI=1S/C24H24N4O/c1-5-18-7-10-20(11-8-18)28-26-22-13-17(4)21(14-23(22)27-28)25-24(29)19-9-6-15(2)16(3)12-19/h6-14H,5H2,1-4H3,(H,25,29). The van der Waals surface area contributed by atoms with Crippen LogP contribution in [-0.4, -0.2) is 20.9 Å². The molecule has 0 fully saturated rings. The first kappa shape index (κ1) is 18.9. The molecule has 1 heterocycles. The Morgan fingerprint density at radius 2 is 1.55 bits per heavy atom. The lowest BCUT2D eigenvalue weighted by atomic mass is 10.1. The number of fused-ring (bicyclic) bond motifs is 1. The average Bonchev–Trinajstić information content (AvgIpc) is 3.13. The maximum Gasteiger partial charge on any atom is 0.255 e. The molecule has 5 heteroatoms. The van der Waals surface area contributed by atoms with E-state index in [9.17, 15) is 4.79 Å². The Bertz CT molecular complexity index is 1210. The van der Waals surface area contributed by atoms with E-state index in [1.54, 1.807) is 4.80 Å². The van der Waals surface area contributed by atoms with E-state index < -0.39 is 0 Å². The number of aryl methyl sites for hydroxylation is 4. The summed E-state index contributed by atoms with van der Waals surface area (Å²) >= 11 is 0. The molecule has 0 radical (unpaired) electrons. The lowest BCUT2D eigenvalue weighted by molar-refractivity contribution is 0.102.